The van der Waals surface area contributed by atoms with Gasteiger partial charge in [0, 0.05) is 12.6 Å². The van der Waals surface area contributed by atoms with Crippen LogP contribution in [0.4, 0.5) is 5.82 Å². The Morgan fingerprint density at radius 3 is 2.79 bits per heavy atom. The Hall–Kier alpha value is -0.640. The zero-order valence-electron chi connectivity index (χ0n) is 8.47. The molecular formula is C10H14BrN3. The average molecular weight is 256 g/mol. The monoisotopic (exact) mass is 255 g/mol. The molecule has 0 aromatic carbocycles. The summed E-state index contributed by atoms with van der Waals surface area (Å²) in [4.78, 5) is 8.47. The van der Waals surface area contributed by atoms with Gasteiger partial charge in [0.15, 0.2) is 0 Å². The third-order valence-electron chi connectivity index (χ3n) is 2.61. The third-order valence-corrected chi connectivity index (χ3v) is 3.01. The molecule has 1 saturated carbocycles. The predicted octanol–water partition coefficient (Wildman–Crippen LogP) is 2.76. The molecule has 0 bridgehead atoms. The van der Waals surface area contributed by atoms with Crippen molar-refractivity contribution in [3.8, 4) is 0 Å². The second kappa shape index (κ2) is 3.50. The van der Waals surface area contributed by atoms with E-state index in [9.17, 15) is 0 Å². The number of halogens is 1. The van der Waals surface area contributed by atoms with Crippen molar-refractivity contribution < 1.29 is 0 Å². The van der Waals surface area contributed by atoms with Crippen LogP contribution in [0.25, 0.3) is 0 Å². The molecule has 1 aliphatic carbocycles. The highest BCUT2D eigenvalue weighted by Gasteiger charge is 2.36. The minimum absolute atomic E-state index is 0.505. The largest absolute Gasteiger partial charge is 0.369 e. The summed E-state index contributed by atoms with van der Waals surface area (Å²) in [7, 11) is 0. The predicted molar refractivity (Wildman–Crippen MR) is 60.3 cm³/mol. The molecule has 1 fully saturated rings. The van der Waals surface area contributed by atoms with E-state index in [0.717, 1.165) is 22.8 Å². The Morgan fingerprint density at radius 1 is 1.50 bits per heavy atom. The second-order valence-corrected chi connectivity index (χ2v) is 5.10. The minimum Gasteiger partial charge on any atom is -0.369 e. The highest BCUT2D eigenvalue weighted by molar-refractivity contribution is 9.10. The molecular weight excluding hydrogens is 242 g/mol. The van der Waals surface area contributed by atoms with Crippen LogP contribution in [0.15, 0.2) is 10.7 Å². The van der Waals surface area contributed by atoms with Crippen molar-refractivity contribution in [2.45, 2.75) is 26.7 Å². The number of aryl methyl sites for hydroxylation is 1. The molecule has 1 N–H and O–H groups in total. The zero-order chi connectivity index (χ0) is 10.2. The van der Waals surface area contributed by atoms with E-state index in [1.807, 2.05) is 13.0 Å². The quantitative estimate of drug-likeness (QED) is 0.845. The molecule has 1 heterocycles. The number of hydrogen-bond donors (Lipinski definition) is 1. The highest BCUT2D eigenvalue weighted by Crippen LogP contribution is 2.44. The molecule has 0 spiro atoms. The van der Waals surface area contributed by atoms with E-state index in [1.54, 1.807) is 0 Å². The molecule has 0 aliphatic heterocycles. The molecule has 1 aromatic rings. The van der Waals surface area contributed by atoms with Gasteiger partial charge in [-0.2, -0.15) is 0 Å². The number of rotatable bonds is 3. The van der Waals surface area contributed by atoms with E-state index in [1.165, 1.54) is 12.8 Å². The lowest BCUT2D eigenvalue weighted by atomic mass is 10.1. The van der Waals surface area contributed by atoms with Crippen LogP contribution in [0, 0.1) is 12.3 Å². The Balaban J connectivity index is 2.01. The lowest BCUT2D eigenvalue weighted by Crippen LogP contribution is -2.13. The normalized spacial score (nSPS) is 17.9. The van der Waals surface area contributed by atoms with Crippen LogP contribution >= 0.6 is 15.9 Å². The molecule has 14 heavy (non-hydrogen) atoms. The summed E-state index contributed by atoms with van der Waals surface area (Å²) in [6, 6.07) is 1.92. The molecule has 3 nitrogen and oxygen atoms in total. The van der Waals surface area contributed by atoms with Gasteiger partial charge >= 0.3 is 0 Å². The molecule has 0 amide bonds. The van der Waals surface area contributed by atoms with E-state index < -0.39 is 0 Å². The fourth-order valence-electron chi connectivity index (χ4n) is 1.32. The molecule has 76 valence electrons. The van der Waals surface area contributed by atoms with Gasteiger partial charge in [0.1, 0.15) is 16.2 Å². The summed E-state index contributed by atoms with van der Waals surface area (Å²) < 4.78 is 0.841. The molecule has 1 aliphatic rings. The van der Waals surface area contributed by atoms with E-state index in [-0.39, 0.29) is 0 Å². The Bertz CT molecular complexity index is 327. The molecule has 0 saturated heterocycles. The topological polar surface area (TPSA) is 37.8 Å². The number of anilines is 1. The lowest BCUT2D eigenvalue weighted by molar-refractivity contribution is 0.609. The fraction of sp³-hybridized carbons (Fsp3) is 0.600. The molecule has 0 radical (unpaired) electrons. The number of nitrogens with zero attached hydrogens (tertiary/aromatic N) is 2. The van der Waals surface area contributed by atoms with Gasteiger partial charge in [-0.3, -0.25) is 0 Å². The smallest absolute Gasteiger partial charge is 0.130 e. The van der Waals surface area contributed by atoms with E-state index >= 15 is 0 Å². The third kappa shape index (κ3) is 2.44. The Labute approximate surface area is 92.5 Å². The second-order valence-electron chi connectivity index (χ2n) is 4.29. The summed E-state index contributed by atoms with van der Waals surface area (Å²) in [5.74, 6) is 1.71. The average Bonchev–Trinajstić information content (AvgIpc) is 2.80. The summed E-state index contributed by atoms with van der Waals surface area (Å²) in [5.41, 5.74) is 0.505. The molecule has 0 atom stereocenters. The van der Waals surface area contributed by atoms with Crippen LogP contribution in [0.5, 0.6) is 0 Å². The SMILES string of the molecule is Cc1nc(Br)cc(NCC2(C)CC2)n1. The van der Waals surface area contributed by atoms with Crippen LogP contribution in [0.1, 0.15) is 25.6 Å². The molecule has 4 heteroatoms. The first-order valence-corrected chi connectivity index (χ1v) is 5.62. The first kappa shape index (κ1) is 9.90. The van der Waals surface area contributed by atoms with Crippen molar-refractivity contribution in [3.05, 3.63) is 16.5 Å². The first-order valence-electron chi connectivity index (χ1n) is 4.82. The number of aromatic nitrogens is 2. The van der Waals surface area contributed by atoms with E-state index in [4.69, 9.17) is 0 Å². The standard InChI is InChI=1S/C10H14BrN3/c1-7-13-8(11)5-9(14-7)12-6-10(2)3-4-10/h5H,3-4,6H2,1-2H3,(H,12,13,14). The maximum atomic E-state index is 4.31. The zero-order valence-corrected chi connectivity index (χ0v) is 10.1. The van der Waals surface area contributed by atoms with Crippen molar-refractivity contribution in [1.82, 2.24) is 9.97 Å². The van der Waals surface area contributed by atoms with Crippen LogP contribution in [0.3, 0.4) is 0 Å². The van der Waals surface area contributed by atoms with Crippen molar-refractivity contribution in [2.24, 2.45) is 5.41 Å². The molecule has 1 aromatic heterocycles. The van der Waals surface area contributed by atoms with Gasteiger partial charge in [-0.1, -0.05) is 6.92 Å². The van der Waals surface area contributed by atoms with E-state index in [2.05, 4.69) is 38.1 Å². The summed E-state index contributed by atoms with van der Waals surface area (Å²) >= 11 is 3.36. The van der Waals surface area contributed by atoms with Gasteiger partial charge in [0.05, 0.1) is 0 Å². The number of hydrogen-bond acceptors (Lipinski definition) is 3. The molecule has 0 unspecified atom stereocenters. The summed E-state index contributed by atoms with van der Waals surface area (Å²) in [5, 5.41) is 3.35. The molecule has 2 rings (SSSR count). The van der Waals surface area contributed by atoms with Crippen molar-refractivity contribution in [3.63, 3.8) is 0 Å². The minimum atomic E-state index is 0.505. The summed E-state index contributed by atoms with van der Waals surface area (Å²) in [6.45, 7) is 5.20. The van der Waals surface area contributed by atoms with Crippen LogP contribution < -0.4 is 5.32 Å². The van der Waals surface area contributed by atoms with Gasteiger partial charge in [-0.25, -0.2) is 9.97 Å². The van der Waals surface area contributed by atoms with Gasteiger partial charge in [0.2, 0.25) is 0 Å². The van der Waals surface area contributed by atoms with Gasteiger partial charge in [-0.15, -0.1) is 0 Å². The van der Waals surface area contributed by atoms with Crippen molar-refractivity contribution in [1.29, 1.82) is 0 Å². The lowest BCUT2D eigenvalue weighted by Gasteiger charge is -2.10. The highest BCUT2D eigenvalue weighted by atomic mass is 79.9. The van der Waals surface area contributed by atoms with Gasteiger partial charge in [0.25, 0.3) is 0 Å². The van der Waals surface area contributed by atoms with E-state index in [0.29, 0.717) is 5.41 Å². The van der Waals surface area contributed by atoms with Crippen molar-refractivity contribution in [2.75, 3.05) is 11.9 Å². The Kier molecular flexibility index (Phi) is 2.47. The number of nitrogens with one attached hydrogen (secondary N) is 1. The first-order chi connectivity index (χ1) is 6.57. The fourth-order valence-corrected chi connectivity index (χ4v) is 1.79. The van der Waals surface area contributed by atoms with Gasteiger partial charge < -0.3 is 5.32 Å². The van der Waals surface area contributed by atoms with Crippen molar-refractivity contribution >= 4 is 21.7 Å². The van der Waals surface area contributed by atoms with Gasteiger partial charge in [-0.05, 0) is 41.1 Å². The Morgan fingerprint density at radius 2 is 2.21 bits per heavy atom. The maximum Gasteiger partial charge on any atom is 0.130 e. The maximum absolute atomic E-state index is 4.31. The van der Waals surface area contributed by atoms with Crippen LogP contribution in [0.2, 0.25) is 0 Å². The van der Waals surface area contributed by atoms with Crippen LogP contribution in [-0.2, 0) is 0 Å². The summed E-state index contributed by atoms with van der Waals surface area (Å²) in [6.07, 6.45) is 2.65. The van der Waals surface area contributed by atoms with Crippen LogP contribution in [-0.4, -0.2) is 16.5 Å².